The number of nitrogens with zero attached hydrogens (tertiary/aromatic N) is 3. The van der Waals surface area contributed by atoms with Crippen molar-refractivity contribution in [3.63, 3.8) is 0 Å². The van der Waals surface area contributed by atoms with E-state index in [2.05, 4.69) is 20.2 Å². The van der Waals surface area contributed by atoms with Crippen molar-refractivity contribution in [1.29, 1.82) is 0 Å². The zero-order valence-corrected chi connectivity index (χ0v) is 17.5. The van der Waals surface area contributed by atoms with Crippen molar-refractivity contribution in [3.8, 4) is 0 Å². The van der Waals surface area contributed by atoms with E-state index in [-0.39, 0.29) is 11.5 Å². The van der Waals surface area contributed by atoms with Gasteiger partial charge in [0.25, 0.3) is 11.5 Å². The van der Waals surface area contributed by atoms with Gasteiger partial charge in [-0.3, -0.25) is 14.5 Å². The first-order chi connectivity index (χ1) is 14.7. The summed E-state index contributed by atoms with van der Waals surface area (Å²) in [5.74, 6) is 2.10. The lowest BCUT2D eigenvalue weighted by atomic mass is 9.83. The van der Waals surface area contributed by atoms with Gasteiger partial charge in [-0.2, -0.15) is 0 Å². The summed E-state index contributed by atoms with van der Waals surface area (Å²) >= 11 is 0. The topological polar surface area (TPSA) is 83.0 Å². The number of carbonyl (C=O) groups is 1. The average molecular weight is 410 g/mol. The van der Waals surface area contributed by atoms with Crippen LogP contribution in [0.1, 0.15) is 66.3 Å². The second-order valence-corrected chi connectivity index (χ2v) is 9.33. The molecule has 2 N–H and O–H groups in total. The van der Waals surface area contributed by atoms with Gasteiger partial charge in [0, 0.05) is 50.2 Å². The number of nitrogens with one attached hydrogen (secondary N) is 2. The van der Waals surface area contributed by atoms with Crippen LogP contribution in [-0.4, -0.2) is 45.0 Å². The molecule has 160 valence electrons. The molecule has 0 radical (unpaired) electrons. The van der Waals surface area contributed by atoms with Crippen molar-refractivity contribution in [2.45, 2.75) is 57.5 Å². The first-order valence-electron chi connectivity index (χ1n) is 11.4. The standard InChI is InChI=1S/C23H31N5O2/c29-22(26-11-16-4-2-1-3-5-16)19-6-7-20-18-10-17(13-28(20)23(19)30)12-27(14-18)15-21-24-8-9-25-21/h6-9,16-18H,1-5,10-15H2,(H,24,25)(H,26,29)/t17-,18+/m0/s1. The van der Waals surface area contributed by atoms with Crippen molar-refractivity contribution >= 4 is 5.91 Å². The summed E-state index contributed by atoms with van der Waals surface area (Å²) in [6, 6.07) is 3.75. The lowest BCUT2D eigenvalue weighted by Crippen LogP contribution is -2.48. The quantitative estimate of drug-likeness (QED) is 0.795. The largest absolute Gasteiger partial charge is 0.352 e. The van der Waals surface area contributed by atoms with Crippen LogP contribution in [0.25, 0.3) is 0 Å². The van der Waals surface area contributed by atoms with E-state index in [0.717, 1.165) is 37.6 Å². The summed E-state index contributed by atoms with van der Waals surface area (Å²) in [4.78, 5) is 35.8. The highest BCUT2D eigenvalue weighted by molar-refractivity contribution is 5.93. The summed E-state index contributed by atoms with van der Waals surface area (Å²) in [6.45, 7) is 4.08. The third kappa shape index (κ3) is 3.95. The molecular formula is C23H31N5O2. The molecule has 7 nitrogen and oxygen atoms in total. The van der Waals surface area contributed by atoms with Crippen LogP contribution in [0.2, 0.25) is 0 Å². The number of rotatable bonds is 5. The molecule has 7 heteroatoms. The molecule has 2 aromatic rings. The van der Waals surface area contributed by atoms with E-state index in [9.17, 15) is 9.59 Å². The Morgan fingerprint density at radius 2 is 2.03 bits per heavy atom. The smallest absolute Gasteiger partial charge is 0.263 e. The maximum Gasteiger partial charge on any atom is 0.263 e. The average Bonchev–Trinajstić information content (AvgIpc) is 3.26. The summed E-state index contributed by atoms with van der Waals surface area (Å²) in [5, 5.41) is 3.03. The Balaban J connectivity index is 1.29. The minimum atomic E-state index is -0.212. The number of aromatic amines is 1. The van der Waals surface area contributed by atoms with Crippen LogP contribution in [0.5, 0.6) is 0 Å². The van der Waals surface area contributed by atoms with Crippen LogP contribution < -0.4 is 10.9 Å². The van der Waals surface area contributed by atoms with Crippen molar-refractivity contribution in [2.24, 2.45) is 11.8 Å². The first-order valence-corrected chi connectivity index (χ1v) is 11.4. The highest BCUT2D eigenvalue weighted by Gasteiger charge is 2.35. The molecule has 2 aromatic heterocycles. The molecule has 2 aliphatic heterocycles. The first kappa shape index (κ1) is 19.5. The summed E-state index contributed by atoms with van der Waals surface area (Å²) < 4.78 is 1.87. The van der Waals surface area contributed by atoms with Crippen LogP contribution >= 0.6 is 0 Å². The number of carbonyl (C=O) groups excluding carboxylic acids is 1. The Labute approximate surface area is 176 Å². The van der Waals surface area contributed by atoms with Crippen LogP contribution in [0.4, 0.5) is 0 Å². The maximum atomic E-state index is 13.1. The minimum Gasteiger partial charge on any atom is -0.352 e. The van der Waals surface area contributed by atoms with Gasteiger partial charge in [-0.1, -0.05) is 19.3 Å². The fourth-order valence-corrected chi connectivity index (χ4v) is 5.67. The Morgan fingerprint density at radius 3 is 2.83 bits per heavy atom. The molecule has 2 fully saturated rings. The lowest BCUT2D eigenvalue weighted by Gasteiger charge is -2.42. The van der Waals surface area contributed by atoms with Gasteiger partial charge in [-0.15, -0.1) is 0 Å². The molecule has 3 aliphatic rings. The number of hydrogen-bond acceptors (Lipinski definition) is 4. The van der Waals surface area contributed by atoms with Crippen LogP contribution in [0.15, 0.2) is 29.3 Å². The minimum absolute atomic E-state index is 0.122. The van der Waals surface area contributed by atoms with E-state index in [0.29, 0.717) is 36.4 Å². The predicted octanol–water partition coefficient (Wildman–Crippen LogP) is 2.50. The van der Waals surface area contributed by atoms with Gasteiger partial charge < -0.3 is 14.9 Å². The molecule has 1 saturated heterocycles. The highest BCUT2D eigenvalue weighted by Crippen LogP contribution is 2.35. The van der Waals surface area contributed by atoms with E-state index in [1.165, 1.54) is 32.1 Å². The van der Waals surface area contributed by atoms with Gasteiger partial charge in [0.1, 0.15) is 11.4 Å². The molecule has 4 heterocycles. The van der Waals surface area contributed by atoms with E-state index >= 15 is 0 Å². The van der Waals surface area contributed by atoms with Crippen molar-refractivity contribution in [1.82, 2.24) is 24.8 Å². The Morgan fingerprint density at radius 1 is 1.17 bits per heavy atom. The number of fused-ring (bicyclic) bond motifs is 4. The molecule has 0 spiro atoms. The Hall–Kier alpha value is -2.41. The SMILES string of the molecule is O=C(NCC1CCCCC1)c1ccc2n(c1=O)C[C@H]1C[C@@H]2CN(Cc2ncc[nH]2)C1. The second kappa shape index (κ2) is 8.38. The zero-order chi connectivity index (χ0) is 20.5. The van der Waals surface area contributed by atoms with Crippen LogP contribution in [-0.2, 0) is 13.1 Å². The third-order valence-electron chi connectivity index (χ3n) is 7.13. The molecule has 1 aliphatic carbocycles. The number of likely N-dealkylation sites (tertiary alicyclic amines) is 1. The van der Waals surface area contributed by atoms with E-state index in [1.807, 2.05) is 16.8 Å². The molecule has 1 amide bonds. The van der Waals surface area contributed by atoms with Gasteiger partial charge in [-0.25, -0.2) is 4.98 Å². The number of H-pyrrole nitrogens is 1. The third-order valence-corrected chi connectivity index (χ3v) is 7.13. The Kier molecular flexibility index (Phi) is 5.46. The molecule has 30 heavy (non-hydrogen) atoms. The molecule has 0 aromatic carbocycles. The Bertz CT molecular complexity index is 945. The molecule has 5 rings (SSSR count). The van der Waals surface area contributed by atoms with Gasteiger partial charge in [0.15, 0.2) is 0 Å². The van der Waals surface area contributed by atoms with E-state index < -0.39 is 0 Å². The van der Waals surface area contributed by atoms with Gasteiger partial charge >= 0.3 is 0 Å². The fourth-order valence-electron chi connectivity index (χ4n) is 5.67. The van der Waals surface area contributed by atoms with Crippen molar-refractivity contribution in [2.75, 3.05) is 19.6 Å². The molecular weight excluding hydrogens is 378 g/mol. The fraction of sp³-hybridized carbons (Fsp3) is 0.609. The van der Waals surface area contributed by atoms with Gasteiger partial charge in [0.2, 0.25) is 0 Å². The highest BCUT2D eigenvalue weighted by atomic mass is 16.2. The lowest BCUT2D eigenvalue weighted by molar-refractivity contribution is 0.0936. The number of amides is 1. The molecule has 1 saturated carbocycles. The summed E-state index contributed by atoms with van der Waals surface area (Å²) in [6.07, 6.45) is 10.9. The zero-order valence-electron chi connectivity index (χ0n) is 17.5. The summed E-state index contributed by atoms with van der Waals surface area (Å²) in [7, 11) is 0. The van der Waals surface area contributed by atoms with Crippen molar-refractivity contribution < 1.29 is 4.79 Å². The second-order valence-electron chi connectivity index (χ2n) is 9.33. The molecule has 0 unspecified atom stereocenters. The normalized spacial score (nSPS) is 24.4. The monoisotopic (exact) mass is 409 g/mol. The maximum absolute atomic E-state index is 13.1. The van der Waals surface area contributed by atoms with E-state index in [1.54, 1.807) is 12.3 Å². The molecule has 2 bridgehead atoms. The van der Waals surface area contributed by atoms with Crippen LogP contribution in [0.3, 0.4) is 0 Å². The number of aromatic nitrogens is 3. The predicted molar refractivity (Wildman–Crippen MR) is 114 cm³/mol. The molecule has 2 atom stereocenters. The van der Waals surface area contributed by atoms with Gasteiger partial charge in [0.05, 0.1) is 6.54 Å². The number of pyridine rings is 1. The van der Waals surface area contributed by atoms with Crippen LogP contribution in [0, 0.1) is 11.8 Å². The van der Waals surface area contributed by atoms with Gasteiger partial charge in [-0.05, 0) is 43.2 Å². The number of imidazole rings is 1. The number of piperidine rings is 1. The van der Waals surface area contributed by atoms with E-state index in [4.69, 9.17) is 0 Å². The number of hydrogen-bond donors (Lipinski definition) is 2. The summed E-state index contributed by atoms with van der Waals surface area (Å²) in [5.41, 5.74) is 1.24. The van der Waals surface area contributed by atoms with Crippen molar-refractivity contribution in [3.05, 3.63) is 52.0 Å².